The fourth-order valence-electron chi connectivity index (χ4n) is 3.73. The molecule has 1 aliphatic heterocycles. The fourth-order valence-corrected chi connectivity index (χ4v) is 3.73. The summed E-state index contributed by atoms with van der Waals surface area (Å²) in [7, 11) is 3.78. The second-order valence-corrected chi connectivity index (χ2v) is 7.90. The third-order valence-corrected chi connectivity index (χ3v) is 5.26. The van der Waals surface area contributed by atoms with Gasteiger partial charge < -0.3 is 23.7 Å². The van der Waals surface area contributed by atoms with Gasteiger partial charge in [-0.3, -0.25) is 9.59 Å². The first kappa shape index (κ1) is 20.0. The minimum atomic E-state index is -0.811. The Bertz CT molecular complexity index is 1170. The van der Waals surface area contributed by atoms with Crippen LogP contribution in [0.3, 0.4) is 0 Å². The van der Waals surface area contributed by atoms with Gasteiger partial charge in [0.15, 0.2) is 11.5 Å². The van der Waals surface area contributed by atoms with Crippen LogP contribution in [-0.4, -0.2) is 53.8 Å². The van der Waals surface area contributed by atoms with Crippen LogP contribution in [0.2, 0.25) is 0 Å². The molecule has 1 N–H and O–H groups in total. The third-order valence-electron chi connectivity index (χ3n) is 5.26. The summed E-state index contributed by atoms with van der Waals surface area (Å²) in [5.74, 6) is -0.518. The lowest BCUT2D eigenvalue weighted by Gasteiger charge is -2.26. The van der Waals surface area contributed by atoms with E-state index in [-0.39, 0.29) is 11.3 Å². The van der Waals surface area contributed by atoms with Crippen molar-refractivity contribution in [2.24, 2.45) is 0 Å². The Morgan fingerprint density at radius 2 is 1.90 bits per heavy atom. The Morgan fingerprint density at radius 3 is 2.57 bits per heavy atom. The van der Waals surface area contributed by atoms with E-state index in [1.807, 2.05) is 38.1 Å². The summed E-state index contributed by atoms with van der Waals surface area (Å²) in [6.07, 6.45) is 0. The number of furan rings is 2. The molecule has 1 amide bonds. The molecule has 1 aromatic carbocycles. The Kier molecular flexibility index (Phi) is 4.99. The van der Waals surface area contributed by atoms with E-state index in [1.54, 1.807) is 31.2 Å². The highest BCUT2D eigenvalue weighted by Gasteiger charge is 2.45. The highest BCUT2D eigenvalue weighted by molar-refractivity contribution is 6.15. The van der Waals surface area contributed by atoms with E-state index in [1.165, 1.54) is 4.90 Å². The predicted octanol–water partition coefficient (Wildman–Crippen LogP) is 3.78. The molecule has 0 aliphatic carbocycles. The number of nitrogens with zero attached hydrogens (tertiary/aromatic N) is 2. The van der Waals surface area contributed by atoms with Crippen LogP contribution >= 0.6 is 0 Å². The number of likely N-dealkylation sites (N-methyl/N-ethyl adjacent to an activating group) is 1. The smallest absolute Gasteiger partial charge is 0.290 e. The maximum Gasteiger partial charge on any atom is 0.290 e. The highest BCUT2D eigenvalue weighted by Crippen LogP contribution is 2.40. The molecule has 7 heteroatoms. The number of benzene rings is 1. The van der Waals surface area contributed by atoms with Gasteiger partial charge in [-0.1, -0.05) is 11.6 Å². The molecule has 0 spiro atoms. The Labute approximate surface area is 174 Å². The number of carbonyl (C=O) groups excluding carboxylic acids is 2. The molecule has 4 rings (SSSR count). The number of ketones is 1. The molecule has 1 aliphatic rings. The molecule has 0 bridgehead atoms. The van der Waals surface area contributed by atoms with Crippen molar-refractivity contribution in [3.05, 3.63) is 70.6 Å². The second kappa shape index (κ2) is 7.50. The number of aryl methyl sites for hydroxylation is 2. The molecule has 0 fully saturated rings. The molecular weight excluding hydrogens is 384 g/mol. The van der Waals surface area contributed by atoms with Crippen molar-refractivity contribution < 1.29 is 23.5 Å². The van der Waals surface area contributed by atoms with Crippen LogP contribution in [0.15, 0.2) is 56.6 Å². The quantitative estimate of drug-likeness (QED) is 0.625. The molecule has 7 nitrogen and oxygen atoms in total. The normalized spacial score (nSPS) is 17.0. The number of aliphatic hydroxyl groups is 1. The van der Waals surface area contributed by atoms with E-state index in [4.69, 9.17) is 8.83 Å². The first-order chi connectivity index (χ1) is 14.3. The van der Waals surface area contributed by atoms with Crippen LogP contribution in [0, 0.1) is 13.8 Å². The largest absolute Gasteiger partial charge is 0.503 e. The number of carbonyl (C=O) groups is 2. The van der Waals surface area contributed by atoms with Crippen LogP contribution < -0.4 is 0 Å². The summed E-state index contributed by atoms with van der Waals surface area (Å²) in [6, 6.07) is 9.94. The summed E-state index contributed by atoms with van der Waals surface area (Å²) < 4.78 is 11.5. The molecule has 0 saturated carbocycles. The van der Waals surface area contributed by atoms with Crippen LogP contribution in [0.4, 0.5) is 0 Å². The number of amides is 1. The van der Waals surface area contributed by atoms with Gasteiger partial charge in [0, 0.05) is 18.5 Å². The van der Waals surface area contributed by atoms with Gasteiger partial charge >= 0.3 is 0 Å². The third kappa shape index (κ3) is 3.41. The molecule has 3 aromatic rings. The van der Waals surface area contributed by atoms with Crippen molar-refractivity contribution in [1.29, 1.82) is 0 Å². The molecule has 0 radical (unpaired) electrons. The molecular formula is C23H24N2O5. The summed E-state index contributed by atoms with van der Waals surface area (Å²) in [6.45, 7) is 4.64. The lowest BCUT2D eigenvalue weighted by Crippen LogP contribution is -2.36. The molecule has 30 heavy (non-hydrogen) atoms. The van der Waals surface area contributed by atoms with Gasteiger partial charge in [0.25, 0.3) is 5.91 Å². The first-order valence-corrected chi connectivity index (χ1v) is 9.76. The van der Waals surface area contributed by atoms with E-state index < -0.39 is 23.5 Å². The summed E-state index contributed by atoms with van der Waals surface area (Å²) >= 11 is 0. The van der Waals surface area contributed by atoms with E-state index in [0.29, 0.717) is 30.2 Å². The van der Waals surface area contributed by atoms with Gasteiger partial charge in [0.2, 0.25) is 5.78 Å². The SMILES string of the molecule is Cc1ccc2oc(C(=O)C3=C(O)C(=O)N(CCN(C)C)C3c3ccc(C)o3)cc2c1. The number of hydrogen-bond acceptors (Lipinski definition) is 6. The van der Waals surface area contributed by atoms with Gasteiger partial charge in [-0.2, -0.15) is 0 Å². The van der Waals surface area contributed by atoms with Crippen molar-refractivity contribution in [3.8, 4) is 0 Å². The fraction of sp³-hybridized carbons (Fsp3) is 0.304. The lowest BCUT2D eigenvalue weighted by atomic mass is 9.99. The molecule has 1 unspecified atom stereocenters. The number of fused-ring (bicyclic) bond motifs is 1. The molecule has 3 heterocycles. The molecule has 2 aromatic heterocycles. The standard InChI is InChI=1S/C23H24N2O5/c1-13-5-7-16-15(11-13)12-18(30-16)21(26)19-20(17-8-6-14(2)29-17)25(10-9-24(3)4)23(28)22(19)27/h5-8,11-12,20,27H,9-10H2,1-4H3. The van der Waals surface area contributed by atoms with Crippen LogP contribution in [-0.2, 0) is 4.79 Å². The topological polar surface area (TPSA) is 87.1 Å². The van der Waals surface area contributed by atoms with Crippen LogP contribution in [0.5, 0.6) is 0 Å². The van der Waals surface area contributed by atoms with Crippen molar-refractivity contribution in [2.45, 2.75) is 19.9 Å². The van der Waals surface area contributed by atoms with Crippen LogP contribution in [0.1, 0.15) is 33.7 Å². The average Bonchev–Trinajstić information content (AvgIpc) is 3.36. The number of Topliss-reactive ketones (excluding diaryl/α,β-unsaturated/α-hetero) is 1. The van der Waals surface area contributed by atoms with Gasteiger partial charge in [0.05, 0.1) is 5.57 Å². The van der Waals surface area contributed by atoms with Crippen LogP contribution in [0.25, 0.3) is 11.0 Å². The van der Waals surface area contributed by atoms with Crippen molar-refractivity contribution >= 4 is 22.7 Å². The highest BCUT2D eigenvalue weighted by atomic mass is 16.4. The van der Waals surface area contributed by atoms with E-state index in [0.717, 1.165) is 10.9 Å². The van der Waals surface area contributed by atoms with Crippen molar-refractivity contribution in [3.63, 3.8) is 0 Å². The molecule has 0 saturated heterocycles. The maximum atomic E-state index is 13.4. The zero-order valence-electron chi connectivity index (χ0n) is 17.4. The summed E-state index contributed by atoms with van der Waals surface area (Å²) in [5, 5.41) is 11.4. The number of aliphatic hydroxyl groups excluding tert-OH is 1. The first-order valence-electron chi connectivity index (χ1n) is 9.76. The molecule has 1 atom stereocenters. The zero-order chi connectivity index (χ0) is 21.6. The average molecular weight is 408 g/mol. The number of rotatable bonds is 6. The van der Waals surface area contributed by atoms with E-state index in [2.05, 4.69) is 0 Å². The molecule has 156 valence electrons. The minimum absolute atomic E-state index is 0.0242. The van der Waals surface area contributed by atoms with E-state index >= 15 is 0 Å². The number of hydrogen-bond donors (Lipinski definition) is 1. The maximum absolute atomic E-state index is 13.4. The summed E-state index contributed by atoms with van der Waals surface area (Å²) in [4.78, 5) is 29.6. The lowest BCUT2D eigenvalue weighted by molar-refractivity contribution is -0.129. The van der Waals surface area contributed by atoms with Gasteiger partial charge in [-0.25, -0.2) is 0 Å². The minimum Gasteiger partial charge on any atom is -0.503 e. The van der Waals surface area contributed by atoms with E-state index in [9.17, 15) is 14.7 Å². The Balaban J connectivity index is 1.77. The van der Waals surface area contributed by atoms with Gasteiger partial charge in [-0.15, -0.1) is 0 Å². The second-order valence-electron chi connectivity index (χ2n) is 7.90. The van der Waals surface area contributed by atoms with Gasteiger partial charge in [0.1, 0.15) is 23.1 Å². The Hall–Kier alpha value is -3.32. The zero-order valence-corrected chi connectivity index (χ0v) is 17.4. The van der Waals surface area contributed by atoms with Crippen molar-refractivity contribution in [2.75, 3.05) is 27.2 Å². The monoisotopic (exact) mass is 408 g/mol. The predicted molar refractivity (Wildman–Crippen MR) is 111 cm³/mol. The van der Waals surface area contributed by atoms with Gasteiger partial charge in [-0.05, 0) is 58.3 Å². The van der Waals surface area contributed by atoms with Crippen molar-refractivity contribution in [1.82, 2.24) is 9.80 Å². The Morgan fingerprint density at radius 1 is 1.13 bits per heavy atom. The summed E-state index contributed by atoms with van der Waals surface area (Å²) in [5.41, 5.74) is 1.59.